The van der Waals surface area contributed by atoms with Crippen molar-refractivity contribution in [3.63, 3.8) is 0 Å². The van der Waals surface area contributed by atoms with E-state index in [4.69, 9.17) is 0 Å². The van der Waals surface area contributed by atoms with Gasteiger partial charge in [0.25, 0.3) is 11.7 Å². The van der Waals surface area contributed by atoms with Gasteiger partial charge in [-0.15, -0.1) is 5.10 Å². The van der Waals surface area contributed by atoms with Crippen LogP contribution in [-0.2, 0) is 0 Å². The molecule has 7 nitrogen and oxygen atoms in total. The van der Waals surface area contributed by atoms with Crippen molar-refractivity contribution in [3.05, 3.63) is 66.5 Å². The number of alkyl halides is 2. The minimum absolute atomic E-state index is 0.00510. The summed E-state index contributed by atoms with van der Waals surface area (Å²) < 4.78 is 56.7. The molecule has 0 aliphatic carbocycles. The van der Waals surface area contributed by atoms with Crippen molar-refractivity contribution in [2.24, 2.45) is 0 Å². The number of rotatable bonds is 3. The largest absolute Gasteiger partial charge is 0.322 e. The highest BCUT2D eigenvalue weighted by Crippen LogP contribution is 2.29. The average Bonchev–Trinajstić information content (AvgIpc) is 3.37. The maximum atomic E-state index is 14.5. The van der Waals surface area contributed by atoms with E-state index in [-0.39, 0.29) is 29.4 Å². The Morgan fingerprint density at radius 2 is 1.85 bits per heavy atom. The molecule has 4 aromatic rings. The number of carbonyl (C=O) groups is 1. The molecule has 1 saturated heterocycles. The van der Waals surface area contributed by atoms with Crippen molar-refractivity contribution in [1.82, 2.24) is 24.5 Å². The number of urea groups is 1. The Balaban J connectivity index is 1.43. The van der Waals surface area contributed by atoms with Crippen molar-refractivity contribution >= 4 is 17.5 Å². The lowest BCUT2D eigenvalue weighted by atomic mass is 10.1. The van der Waals surface area contributed by atoms with Crippen LogP contribution in [-0.4, -0.2) is 49.5 Å². The SMILES string of the molecule is O=C(Nc1ccc(F)c(-c2nc3ncc(-c4ccccc4F)cn3n2)c1)N1CCC(F)(F)C1. The van der Waals surface area contributed by atoms with E-state index in [1.54, 1.807) is 18.2 Å². The Labute approximate surface area is 184 Å². The smallest absolute Gasteiger partial charge is 0.318 e. The summed E-state index contributed by atoms with van der Waals surface area (Å²) in [6.45, 7) is -0.742. The number of aromatic nitrogens is 4. The monoisotopic (exact) mass is 456 g/mol. The molecule has 0 bridgehead atoms. The van der Waals surface area contributed by atoms with E-state index in [2.05, 4.69) is 20.4 Å². The van der Waals surface area contributed by atoms with Crippen LogP contribution >= 0.6 is 0 Å². The Bertz CT molecular complexity index is 1370. The van der Waals surface area contributed by atoms with Gasteiger partial charge < -0.3 is 10.2 Å². The molecular weight excluding hydrogens is 440 g/mol. The second-order valence-electron chi connectivity index (χ2n) is 7.65. The van der Waals surface area contributed by atoms with Crippen molar-refractivity contribution < 1.29 is 22.4 Å². The number of nitrogens with zero attached hydrogens (tertiary/aromatic N) is 5. The molecule has 1 aliphatic heterocycles. The van der Waals surface area contributed by atoms with Crippen LogP contribution in [0.2, 0.25) is 0 Å². The fraction of sp³-hybridized carbons (Fsp3) is 0.182. The van der Waals surface area contributed by atoms with Gasteiger partial charge in [0.05, 0.1) is 12.1 Å². The fourth-order valence-corrected chi connectivity index (χ4v) is 3.62. The van der Waals surface area contributed by atoms with Gasteiger partial charge in [0.15, 0.2) is 5.82 Å². The van der Waals surface area contributed by atoms with Crippen molar-refractivity contribution in [3.8, 4) is 22.5 Å². The van der Waals surface area contributed by atoms with Crippen LogP contribution in [0.4, 0.5) is 28.0 Å². The van der Waals surface area contributed by atoms with Gasteiger partial charge >= 0.3 is 6.03 Å². The van der Waals surface area contributed by atoms with Crippen molar-refractivity contribution in [1.29, 1.82) is 0 Å². The number of halogens is 4. The first-order chi connectivity index (χ1) is 15.8. The Morgan fingerprint density at radius 1 is 1.06 bits per heavy atom. The maximum Gasteiger partial charge on any atom is 0.322 e. The summed E-state index contributed by atoms with van der Waals surface area (Å²) in [5, 5.41) is 6.73. The van der Waals surface area contributed by atoms with E-state index in [1.807, 2.05) is 0 Å². The van der Waals surface area contributed by atoms with Crippen LogP contribution in [0.25, 0.3) is 28.3 Å². The molecule has 0 atom stereocenters. The van der Waals surface area contributed by atoms with Crippen molar-refractivity contribution in [2.45, 2.75) is 12.3 Å². The summed E-state index contributed by atoms with van der Waals surface area (Å²) in [6.07, 6.45) is 2.56. The van der Waals surface area contributed by atoms with Gasteiger partial charge in [-0.3, -0.25) is 0 Å². The number of likely N-dealkylation sites (tertiary alicyclic amines) is 1. The predicted molar refractivity (Wildman–Crippen MR) is 112 cm³/mol. The molecule has 11 heteroatoms. The summed E-state index contributed by atoms with van der Waals surface area (Å²) in [6, 6.07) is 9.22. The number of fused-ring (bicyclic) bond motifs is 1. The standard InChI is InChI=1S/C22H16F4N6O/c23-17-4-2-1-3-15(17)13-10-27-20-29-19(30-32(20)11-13)16-9-14(5-6-18(16)24)28-21(33)31-8-7-22(25,26)12-31/h1-6,9-11H,7-8,12H2,(H,28,33). The quantitative estimate of drug-likeness (QED) is 0.457. The van der Waals surface area contributed by atoms with Gasteiger partial charge in [-0.1, -0.05) is 18.2 Å². The van der Waals surface area contributed by atoms with E-state index in [0.717, 1.165) is 11.0 Å². The molecule has 1 fully saturated rings. The second kappa shape index (κ2) is 7.84. The van der Waals surface area contributed by atoms with Gasteiger partial charge in [-0.05, 0) is 24.3 Å². The Kier molecular flexibility index (Phi) is 4.95. The topological polar surface area (TPSA) is 75.4 Å². The maximum absolute atomic E-state index is 14.5. The van der Waals surface area contributed by atoms with E-state index >= 15 is 0 Å². The summed E-state index contributed by atoms with van der Waals surface area (Å²) >= 11 is 0. The van der Waals surface area contributed by atoms with Crippen LogP contribution in [0.15, 0.2) is 54.9 Å². The minimum Gasteiger partial charge on any atom is -0.318 e. The van der Waals surface area contributed by atoms with Crippen LogP contribution in [0.5, 0.6) is 0 Å². The fourth-order valence-electron chi connectivity index (χ4n) is 3.62. The average molecular weight is 456 g/mol. The molecular formula is C22H16F4N6O. The molecule has 2 amide bonds. The minimum atomic E-state index is -2.92. The lowest BCUT2D eigenvalue weighted by Crippen LogP contribution is -2.34. The molecule has 0 unspecified atom stereocenters. The van der Waals surface area contributed by atoms with Gasteiger partial charge in [0.1, 0.15) is 11.6 Å². The van der Waals surface area contributed by atoms with Crippen molar-refractivity contribution in [2.75, 3.05) is 18.4 Å². The third kappa shape index (κ3) is 4.09. The zero-order valence-electron chi connectivity index (χ0n) is 17.0. The van der Waals surface area contributed by atoms with Crippen LogP contribution in [0.1, 0.15) is 6.42 Å². The number of hydrogen-bond acceptors (Lipinski definition) is 4. The van der Waals surface area contributed by atoms with Crippen LogP contribution in [0, 0.1) is 11.6 Å². The van der Waals surface area contributed by atoms with Crippen LogP contribution < -0.4 is 5.32 Å². The van der Waals surface area contributed by atoms with Gasteiger partial charge in [-0.2, -0.15) is 4.98 Å². The van der Waals surface area contributed by atoms with E-state index < -0.39 is 36.6 Å². The number of nitrogens with one attached hydrogen (secondary N) is 1. The molecule has 168 valence electrons. The molecule has 2 aromatic carbocycles. The zero-order chi connectivity index (χ0) is 23.2. The van der Waals surface area contributed by atoms with Gasteiger partial charge in [0.2, 0.25) is 0 Å². The molecule has 2 aromatic heterocycles. The predicted octanol–water partition coefficient (Wildman–Crippen LogP) is 4.61. The number of hydrogen-bond donors (Lipinski definition) is 1. The number of carbonyl (C=O) groups excluding carboxylic acids is 1. The zero-order valence-corrected chi connectivity index (χ0v) is 17.0. The summed E-state index contributed by atoms with van der Waals surface area (Å²) in [5.41, 5.74) is 0.969. The third-order valence-electron chi connectivity index (χ3n) is 5.29. The molecule has 0 spiro atoms. The lowest BCUT2D eigenvalue weighted by Gasteiger charge is -2.17. The lowest BCUT2D eigenvalue weighted by molar-refractivity contribution is 0.0159. The number of anilines is 1. The molecule has 0 radical (unpaired) electrons. The summed E-state index contributed by atoms with van der Waals surface area (Å²) in [7, 11) is 0. The summed E-state index contributed by atoms with van der Waals surface area (Å²) in [4.78, 5) is 21.7. The highest BCUT2D eigenvalue weighted by molar-refractivity contribution is 5.90. The first-order valence-electron chi connectivity index (χ1n) is 10.0. The highest BCUT2D eigenvalue weighted by atomic mass is 19.3. The normalized spacial score (nSPS) is 15.2. The van der Waals surface area contributed by atoms with Gasteiger partial charge in [-0.25, -0.2) is 31.9 Å². The molecule has 1 aliphatic rings. The number of amides is 2. The van der Waals surface area contributed by atoms with E-state index in [1.165, 1.54) is 35.1 Å². The molecule has 1 N–H and O–H groups in total. The first kappa shape index (κ1) is 20.9. The molecule has 3 heterocycles. The van der Waals surface area contributed by atoms with E-state index in [9.17, 15) is 22.4 Å². The first-order valence-corrected chi connectivity index (χ1v) is 10.0. The molecule has 5 rings (SSSR count). The Hall–Kier alpha value is -4.02. The molecule has 0 saturated carbocycles. The second-order valence-corrected chi connectivity index (χ2v) is 7.65. The number of benzene rings is 2. The van der Waals surface area contributed by atoms with E-state index in [0.29, 0.717) is 11.1 Å². The third-order valence-corrected chi connectivity index (χ3v) is 5.29. The van der Waals surface area contributed by atoms with Crippen LogP contribution in [0.3, 0.4) is 0 Å². The molecule has 33 heavy (non-hydrogen) atoms. The highest BCUT2D eigenvalue weighted by Gasteiger charge is 2.40. The summed E-state index contributed by atoms with van der Waals surface area (Å²) in [5.74, 6) is -3.83. The van der Waals surface area contributed by atoms with Gasteiger partial charge in [0, 0.05) is 42.2 Å². The Morgan fingerprint density at radius 3 is 2.61 bits per heavy atom.